The van der Waals surface area contributed by atoms with Gasteiger partial charge in [0.2, 0.25) is 0 Å². The number of para-hydroxylation sites is 1. The van der Waals surface area contributed by atoms with Crippen LogP contribution in [0, 0.1) is 10.5 Å². The maximum Gasteiger partial charge on any atom is 0.141 e. The van der Waals surface area contributed by atoms with Gasteiger partial charge in [0.05, 0.1) is 3.57 Å². The molecule has 0 fully saturated rings. The highest BCUT2D eigenvalue weighted by Crippen LogP contribution is 2.28. The molecule has 0 saturated heterocycles. The molecule has 0 bridgehead atoms. The Morgan fingerprint density at radius 1 is 1.17 bits per heavy atom. The molecule has 0 unspecified atom stereocenters. The molecular weight excluding hydrogens is 341 g/mol. The maximum absolute atomic E-state index is 9.84. The lowest BCUT2D eigenvalue weighted by Gasteiger charge is -2.02. The first kappa shape index (κ1) is 12.9. The molecule has 0 amide bonds. The van der Waals surface area contributed by atoms with Crippen LogP contribution in [0.1, 0.15) is 11.1 Å². The molecule has 0 spiro atoms. The molecule has 2 N–H and O–H groups in total. The first-order valence-electron chi connectivity index (χ1n) is 5.39. The van der Waals surface area contributed by atoms with Crippen molar-refractivity contribution >= 4 is 34.5 Å². The largest absolute Gasteiger partial charge is 0.506 e. The first-order valence-corrected chi connectivity index (χ1v) is 6.47. The molecule has 0 aromatic heterocycles. The van der Waals surface area contributed by atoms with E-state index in [9.17, 15) is 10.2 Å². The second-order valence-electron chi connectivity index (χ2n) is 3.93. The number of rotatable bonds is 2. The third kappa shape index (κ3) is 2.81. The Morgan fingerprint density at radius 2 is 1.94 bits per heavy atom. The monoisotopic (exact) mass is 353 g/mol. The van der Waals surface area contributed by atoms with E-state index in [1.165, 1.54) is 0 Å². The molecule has 0 radical (unpaired) electrons. The number of aromatic hydroxyl groups is 2. The zero-order valence-electron chi connectivity index (χ0n) is 9.76. The van der Waals surface area contributed by atoms with E-state index in [1.54, 1.807) is 24.4 Å². The minimum Gasteiger partial charge on any atom is -0.506 e. The summed E-state index contributed by atoms with van der Waals surface area (Å²) in [4.78, 5) is 4.20. The average Bonchev–Trinajstić information content (AvgIpc) is 2.35. The molecule has 18 heavy (non-hydrogen) atoms. The molecule has 2 rings (SSSR count). The van der Waals surface area contributed by atoms with Crippen LogP contribution in [0.5, 0.6) is 11.5 Å². The van der Waals surface area contributed by atoms with Gasteiger partial charge in [-0.15, -0.1) is 0 Å². The minimum absolute atomic E-state index is 0.127. The number of aryl methyl sites for hydroxylation is 1. The number of nitrogens with zero attached hydrogens (tertiary/aromatic N) is 1. The molecule has 0 aliphatic heterocycles. The third-order valence-corrected chi connectivity index (χ3v) is 3.36. The van der Waals surface area contributed by atoms with Crippen molar-refractivity contribution in [3.05, 3.63) is 51.1 Å². The van der Waals surface area contributed by atoms with Gasteiger partial charge in [0.1, 0.15) is 17.2 Å². The Morgan fingerprint density at radius 3 is 2.72 bits per heavy atom. The Balaban J connectivity index is 2.36. The van der Waals surface area contributed by atoms with E-state index in [4.69, 9.17) is 0 Å². The second-order valence-corrected chi connectivity index (χ2v) is 5.09. The van der Waals surface area contributed by atoms with Crippen LogP contribution < -0.4 is 0 Å². The Labute approximate surface area is 119 Å². The summed E-state index contributed by atoms with van der Waals surface area (Å²) in [6, 6.07) is 10.6. The highest BCUT2D eigenvalue weighted by molar-refractivity contribution is 14.1. The van der Waals surface area contributed by atoms with Gasteiger partial charge in [0.15, 0.2) is 0 Å². The van der Waals surface area contributed by atoms with Crippen LogP contribution in [0.15, 0.2) is 41.4 Å². The summed E-state index contributed by atoms with van der Waals surface area (Å²) in [7, 11) is 0. The summed E-state index contributed by atoms with van der Waals surface area (Å²) in [5.74, 6) is 0.330. The summed E-state index contributed by atoms with van der Waals surface area (Å²) < 4.78 is 0.769. The predicted molar refractivity (Wildman–Crippen MR) is 80.9 cm³/mol. The van der Waals surface area contributed by atoms with E-state index < -0.39 is 0 Å². The molecule has 92 valence electrons. The van der Waals surface area contributed by atoms with Crippen molar-refractivity contribution in [2.45, 2.75) is 6.92 Å². The number of phenols is 2. The van der Waals surface area contributed by atoms with E-state index in [1.807, 2.05) is 25.1 Å². The zero-order valence-corrected chi connectivity index (χ0v) is 11.9. The van der Waals surface area contributed by atoms with Crippen molar-refractivity contribution in [1.29, 1.82) is 0 Å². The van der Waals surface area contributed by atoms with Crippen molar-refractivity contribution in [1.82, 2.24) is 0 Å². The first-order chi connectivity index (χ1) is 8.58. The molecule has 0 heterocycles. The number of aliphatic imine (C=N–C) groups is 1. The summed E-state index contributed by atoms with van der Waals surface area (Å²) in [5.41, 5.74) is 2.14. The van der Waals surface area contributed by atoms with Gasteiger partial charge in [0, 0.05) is 11.8 Å². The third-order valence-electron chi connectivity index (χ3n) is 2.49. The average molecular weight is 353 g/mol. The highest BCUT2D eigenvalue weighted by atomic mass is 127. The number of halogens is 1. The lowest BCUT2D eigenvalue weighted by atomic mass is 10.2. The molecule has 3 nitrogen and oxygen atoms in total. The van der Waals surface area contributed by atoms with E-state index in [0.717, 1.165) is 9.13 Å². The topological polar surface area (TPSA) is 52.8 Å². The molecule has 2 aromatic carbocycles. The van der Waals surface area contributed by atoms with E-state index in [2.05, 4.69) is 27.6 Å². The SMILES string of the molecule is Cc1ccc(O)c(N=Cc2cccc(I)c2O)c1. The predicted octanol–water partition coefficient (Wildman–Crippen LogP) is 3.76. The van der Waals surface area contributed by atoms with Gasteiger partial charge < -0.3 is 10.2 Å². The van der Waals surface area contributed by atoms with E-state index in [0.29, 0.717) is 11.3 Å². The van der Waals surface area contributed by atoms with Gasteiger partial charge in [-0.2, -0.15) is 0 Å². The van der Waals surface area contributed by atoms with Crippen LogP contribution in [0.3, 0.4) is 0 Å². The minimum atomic E-state index is 0.127. The van der Waals surface area contributed by atoms with Gasteiger partial charge in [-0.3, -0.25) is 4.99 Å². The lowest BCUT2D eigenvalue weighted by Crippen LogP contribution is -1.84. The van der Waals surface area contributed by atoms with Crippen LogP contribution >= 0.6 is 22.6 Å². The van der Waals surface area contributed by atoms with E-state index in [-0.39, 0.29) is 11.5 Å². The molecular formula is C14H12INO2. The van der Waals surface area contributed by atoms with Crippen LogP contribution in [0.25, 0.3) is 0 Å². The van der Waals surface area contributed by atoms with Crippen molar-refractivity contribution in [2.24, 2.45) is 4.99 Å². The smallest absolute Gasteiger partial charge is 0.141 e. The summed E-state index contributed by atoms with van der Waals surface area (Å²) in [6.07, 6.45) is 1.55. The quantitative estimate of drug-likeness (QED) is 0.638. The number of phenolic OH excluding ortho intramolecular Hbond substituents is 2. The Bertz CT molecular complexity index is 605. The number of benzene rings is 2. The molecule has 0 aliphatic carbocycles. The summed E-state index contributed by atoms with van der Waals surface area (Å²) >= 11 is 2.06. The van der Waals surface area contributed by atoms with Crippen molar-refractivity contribution < 1.29 is 10.2 Å². The zero-order chi connectivity index (χ0) is 13.1. The standard InChI is InChI=1S/C14H12INO2/c1-9-5-6-13(17)12(7-9)16-8-10-3-2-4-11(15)14(10)18/h2-8,17-18H,1H3. The molecule has 0 atom stereocenters. The fraction of sp³-hybridized carbons (Fsp3) is 0.0714. The molecule has 4 heteroatoms. The Hall–Kier alpha value is -1.56. The normalized spacial score (nSPS) is 11.0. The fourth-order valence-corrected chi connectivity index (χ4v) is 2.03. The molecule has 2 aromatic rings. The highest BCUT2D eigenvalue weighted by Gasteiger charge is 2.03. The van der Waals surface area contributed by atoms with Crippen LogP contribution in [0.2, 0.25) is 0 Å². The van der Waals surface area contributed by atoms with Crippen LogP contribution in [-0.2, 0) is 0 Å². The van der Waals surface area contributed by atoms with Gasteiger partial charge >= 0.3 is 0 Å². The Kier molecular flexibility index (Phi) is 3.86. The van der Waals surface area contributed by atoms with Gasteiger partial charge in [-0.25, -0.2) is 0 Å². The lowest BCUT2D eigenvalue weighted by molar-refractivity contribution is 0.470. The number of hydrogen-bond acceptors (Lipinski definition) is 3. The van der Waals surface area contributed by atoms with Gasteiger partial charge in [0.25, 0.3) is 0 Å². The molecule has 0 aliphatic rings. The van der Waals surface area contributed by atoms with Crippen LogP contribution in [-0.4, -0.2) is 16.4 Å². The second kappa shape index (κ2) is 5.39. The summed E-state index contributed by atoms with van der Waals surface area (Å²) in [6.45, 7) is 1.93. The summed E-state index contributed by atoms with van der Waals surface area (Å²) in [5, 5.41) is 19.5. The molecule has 0 saturated carbocycles. The van der Waals surface area contributed by atoms with E-state index >= 15 is 0 Å². The maximum atomic E-state index is 9.84. The van der Waals surface area contributed by atoms with Crippen molar-refractivity contribution in [3.8, 4) is 11.5 Å². The van der Waals surface area contributed by atoms with Crippen LogP contribution in [0.4, 0.5) is 5.69 Å². The van der Waals surface area contributed by atoms with Gasteiger partial charge in [-0.1, -0.05) is 12.1 Å². The van der Waals surface area contributed by atoms with Crippen molar-refractivity contribution in [3.63, 3.8) is 0 Å². The fourth-order valence-electron chi connectivity index (χ4n) is 1.51. The van der Waals surface area contributed by atoms with Crippen molar-refractivity contribution in [2.75, 3.05) is 0 Å². The number of hydrogen-bond donors (Lipinski definition) is 2. The van der Waals surface area contributed by atoms with Gasteiger partial charge in [-0.05, 0) is 59.3 Å².